The Balaban J connectivity index is 1.49. The van der Waals surface area contributed by atoms with E-state index in [2.05, 4.69) is 0 Å². The lowest BCUT2D eigenvalue weighted by Gasteiger charge is -2.37. The van der Waals surface area contributed by atoms with E-state index in [0.717, 1.165) is 11.1 Å². The Morgan fingerprint density at radius 1 is 0.925 bits per heavy atom. The number of amides is 1. The van der Waals surface area contributed by atoms with E-state index >= 15 is 0 Å². The van der Waals surface area contributed by atoms with E-state index in [4.69, 9.17) is 14.2 Å². The molecule has 1 N–H and O–H groups in total. The van der Waals surface area contributed by atoms with Gasteiger partial charge in [0.05, 0.1) is 7.11 Å². The second-order valence-corrected chi connectivity index (χ2v) is 9.37. The monoisotopic (exact) mass is 541 g/mol. The number of carbonyl (C=O) groups excluding carboxylic acids is 1. The van der Waals surface area contributed by atoms with Crippen molar-refractivity contribution in [2.24, 2.45) is 0 Å². The fraction of sp³-hybridized carbons (Fsp3) is 0.188. The van der Waals surface area contributed by atoms with Crippen LogP contribution in [-0.2, 0) is 29.2 Å². The number of halogens is 1. The molecule has 204 valence electrons. The SMILES string of the molecule is COc1ccc2c(c1OCc1ccccc1)CC(C(=O)O)N(C(=O)C(Oc1ccccc1F)c1ccccc1)C2. The highest BCUT2D eigenvalue weighted by atomic mass is 19.1. The first-order valence-electron chi connectivity index (χ1n) is 12.8. The number of benzene rings is 4. The number of methoxy groups -OCH3 is 1. The highest BCUT2D eigenvalue weighted by Gasteiger charge is 2.40. The summed E-state index contributed by atoms with van der Waals surface area (Å²) in [5, 5.41) is 10.2. The third-order valence-electron chi connectivity index (χ3n) is 6.86. The lowest BCUT2D eigenvalue weighted by molar-refractivity contribution is -0.155. The standard InChI is InChI=1S/C32H28FNO6/c1-38-28-17-16-23-19-34(26(32(36)37)18-24(23)30(28)39-20-21-10-4-2-5-11-21)31(35)29(22-12-6-3-7-13-22)40-27-15-9-8-14-25(27)33/h2-17,26,29H,18-20H2,1H3,(H,36,37). The zero-order valence-electron chi connectivity index (χ0n) is 21.8. The van der Waals surface area contributed by atoms with Crippen molar-refractivity contribution < 1.29 is 33.3 Å². The molecule has 1 aliphatic rings. The van der Waals surface area contributed by atoms with Gasteiger partial charge in [0.25, 0.3) is 5.91 Å². The van der Waals surface area contributed by atoms with E-state index in [9.17, 15) is 19.1 Å². The first-order chi connectivity index (χ1) is 19.5. The molecule has 0 spiro atoms. The second-order valence-electron chi connectivity index (χ2n) is 9.37. The Labute approximate surface area is 231 Å². The Bertz CT molecular complexity index is 1490. The summed E-state index contributed by atoms with van der Waals surface area (Å²) in [6.45, 7) is 0.265. The van der Waals surface area contributed by atoms with Gasteiger partial charge in [0.1, 0.15) is 12.6 Å². The quantitative estimate of drug-likeness (QED) is 0.298. The van der Waals surface area contributed by atoms with Crippen molar-refractivity contribution in [3.63, 3.8) is 0 Å². The van der Waals surface area contributed by atoms with Gasteiger partial charge in [0.15, 0.2) is 23.1 Å². The Hall–Kier alpha value is -4.85. The Kier molecular flexibility index (Phi) is 7.96. The third-order valence-corrected chi connectivity index (χ3v) is 6.86. The molecule has 0 aliphatic carbocycles. The maximum Gasteiger partial charge on any atom is 0.326 e. The molecule has 2 atom stereocenters. The number of carbonyl (C=O) groups is 2. The van der Waals surface area contributed by atoms with Crippen molar-refractivity contribution in [1.29, 1.82) is 0 Å². The minimum Gasteiger partial charge on any atom is -0.493 e. The molecule has 1 heterocycles. The minimum atomic E-state index is -1.26. The number of carboxylic acids is 1. The van der Waals surface area contributed by atoms with E-state index in [1.54, 1.807) is 48.5 Å². The fourth-order valence-electron chi connectivity index (χ4n) is 4.82. The molecule has 0 saturated heterocycles. The number of para-hydroxylation sites is 1. The summed E-state index contributed by atoms with van der Waals surface area (Å²) in [5.41, 5.74) is 2.82. The lowest BCUT2D eigenvalue weighted by Crippen LogP contribution is -2.51. The maximum absolute atomic E-state index is 14.5. The van der Waals surface area contributed by atoms with Gasteiger partial charge in [-0.15, -0.1) is 0 Å². The maximum atomic E-state index is 14.5. The van der Waals surface area contributed by atoms with Gasteiger partial charge in [-0.2, -0.15) is 0 Å². The number of hydrogen-bond acceptors (Lipinski definition) is 5. The molecule has 0 fully saturated rings. The summed E-state index contributed by atoms with van der Waals surface area (Å²) in [6.07, 6.45) is -1.26. The molecule has 1 aliphatic heterocycles. The van der Waals surface area contributed by atoms with E-state index in [-0.39, 0.29) is 25.3 Å². The van der Waals surface area contributed by atoms with Gasteiger partial charge in [0, 0.05) is 24.1 Å². The first-order valence-corrected chi connectivity index (χ1v) is 12.8. The van der Waals surface area contributed by atoms with Gasteiger partial charge in [-0.1, -0.05) is 78.9 Å². The molecule has 40 heavy (non-hydrogen) atoms. The van der Waals surface area contributed by atoms with Crippen LogP contribution in [-0.4, -0.2) is 35.0 Å². The second kappa shape index (κ2) is 11.9. The predicted octanol–water partition coefficient (Wildman–Crippen LogP) is 5.57. The number of carboxylic acid groups (broad SMARTS) is 1. The van der Waals surface area contributed by atoms with Gasteiger partial charge >= 0.3 is 5.97 Å². The van der Waals surface area contributed by atoms with Crippen molar-refractivity contribution >= 4 is 11.9 Å². The summed E-state index contributed by atoms with van der Waals surface area (Å²) in [7, 11) is 1.52. The molecule has 4 aromatic rings. The summed E-state index contributed by atoms with van der Waals surface area (Å²) >= 11 is 0. The van der Waals surface area contributed by atoms with E-state index < -0.39 is 29.8 Å². The molecule has 0 bridgehead atoms. The van der Waals surface area contributed by atoms with E-state index in [0.29, 0.717) is 22.6 Å². The van der Waals surface area contributed by atoms with Crippen LogP contribution >= 0.6 is 0 Å². The molecule has 8 heteroatoms. The molecule has 7 nitrogen and oxygen atoms in total. The number of rotatable bonds is 9. The number of hydrogen-bond donors (Lipinski definition) is 1. The summed E-state index contributed by atoms with van der Waals surface area (Å²) in [6, 6.07) is 26.4. The van der Waals surface area contributed by atoms with Crippen LogP contribution in [0.15, 0.2) is 97.1 Å². The summed E-state index contributed by atoms with van der Waals surface area (Å²) < 4.78 is 32.1. The molecule has 5 rings (SSSR count). The van der Waals surface area contributed by atoms with Crippen LogP contribution in [0.1, 0.15) is 28.4 Å². The van der Waals surface area contributed by atoms with Crippen LogP contribution in [0.2, 0.25) is 0 Å². The zero-order chi connectivity index (χ0) is 28.1. The highest BCUT2D eigenvalue weighted by molar-refractivity contribution is 5.88. The number of ether oxygens (including phenoxy) is 3. The molecule has 2 unspecified atom stereocenters. The van der Waals surface area contributed by atoms with Gasteiger partial charge < -0.3 is 24.2 Å². The van der Waals surface area contributed by atoms with E-state index in [1.807, 2.05) is 30.3 Å². The van der Waals surface area contributed by atoms with Crippen molar-refractivity contribution in [2.45, 2.75) is 31.7 Å². The van der Waals surface area contributed by atoms with E-state index in [1.165, 1.54) is 30.2 Å². The van der Waals surface area contributed by atoms with Crippen LogP contribution in [0.5, 0.6) is 17.2 Å². The normalized spacial score (nSPS) is 15.1. The number of nitrogens with zero attached hydrogens (tertiary/aromatic N) is 1. The highest BCUT2D eigenvalue weighted by Crippen LogP contribution is 2.40. The third kappa shape index (κ3) is 5.61. The topological polar surface area (TPSA) is 85.3 Å². The Morgan fingerprint density at radius 2 is 1.60 bits per heavy atom. The largest absolute Gasteiger partial charge is 0.493 e. The van der Waals surface area contributed by atoms with Gasteiger partial charge in [-0.3, -0.25) is 4.79 Å². The minimum absolute atomic E-state index is 0.000784. The van der Waals surface area contributed by atoms with Gasteiger partial charge in [-0.25, -0.2) is 9.18 Å². The van der Waals surface area contributed by atoms with Crippen LogP contribution in [0.25, 0.3) is 0 Å². The number of aliphatic carboxylic acids is 1. The van der Waals surface area contributed by atoms with Crippen molar-refractivity contribution in [3.05, 3.63) is 125 Å². The summed E-state index contributed by atoms with van der Waals surface area (Å²) in [5.74, 6) is -1.56. The predicted molar refractivity (Wildman–Crippen MR) is 146 cm³/mol. The smallest absolute Gasteiger partial charge is 0.326 e. The molecule has 0 saturated carbocycles. The zero-order valence-corrected chi connectivity index (χ0v) is 21.8. The van der Waals surface area contributed by atoms with Gasteiger partial charge in [-0.05, 0) is 29.3 Å². The molecule has 4 aromatic carbocycles. The average Bonchev–Trinajstić information content (AvgIpc) is 2.99. The van der Waals surface area contributed by atoms with Crippen LogP contribution in [0.4, 0.5) is 4.39 Å². The average molecular weight is 542 g/mol. The summed E-state index contributed by atoms with van der Waals surface area (Å²) in [4.78, 5) is 27.8. The van der Waals surface area contributed by atoms with Crippen molar-refractivity contribution in [2.75, 3.05) is 7.11 Å². The fourth-order valence-corrected chi connectivity index (χ4v) is 4.82. The van der Waals surface area contributed by atoms with Crippen molar-refractivity contribution in [1.82, 2.24) is 4.90 Å². The van der Waals surface area contributed by atoms with Gasteiger partial charge in [0.2, 0.25) is 6.10 Å². The van der Waals surface area contributed by atoms with Crippen LogP contribution < -0.4 is 14.2 Å². The Morgan fingerprint density at radius 3 is 2.27 bits per heavy atom. The van der Waals surface area contributed by atoms with Crippen molar-refractivity contribution in [3.8, 4) is 17.2 Å². The number of fused-ring (bicyclic) bond motifs is 1. The first kappa shape index (κ1) is 26.7. The molecule has 0 aromatic heterocycles. The molecule has 0 radical (unpaired) electrons. The molecular formula is C32H28FNO6. The lowest BCUT2D eigenvalue weighted by atomic mass is 9.91. The van der Waals surface area contributed by atoms with Crippen LogP contribution in [0.3, 0.4) is 0 Å². The molecular weight excluding hydrogens is 513 g/mol. The molecule has 1 amide bonds. The van der Waals surface area contributed by atoms with Crippen LogP contribution in [0, 0.1) is 5.82 Å².